The van der Waals surface area contributed by atoms with E-state index in [0.717, 1.165) is 9.35 Å². The highest BCUT2D eigenvalue weighted by atomic mass is 79.9. The minimum absolute atomic E-state index is 0.139. The van der Waals surface area contributed by atoms with Crippen LogP contribution in [-0.2, 0) is 0 Å². The molecular weight excluding hydrogens is 240 g/mol. The van der Waals surface area contributed by atoms with Gasteiger partial charge in [0, 0.05) is 16.0 Å². The van der Waals surface area contributed by atoms with Crippen molar-refractivity contribution in [1.82, 2.24) is 0 Å². The van der Waals surface area contributed by atoms with Gasteiger partial charge >= 0.3 is 0 Å². The van der Waals surface area contributed by atoms with Gasteiger partial charge in [0.2, 0.25) is 0 Å². The summed E-state index contributed by atoms with van der Waals surface area (Å²) in [6.45, 7) is 0.139. The van der Waals surface area contributed by atoms with Crippen LogP contribution in [0.5, 0.6) is 0 Å². The third-order valence-corrected chi connectivity index (χ3v) is 3.56. The van der Waals surface area contributed by atoms with Crippen LogP contribution in [0.2, 0.25) is 0 Å². The molecule has 0 aliphatic heterocycles. The maximum Gasteiger partial charge on any atom is 0.0894 e. The van der Waals surface area contributed by atoms with E-state index in [1.165, 1.54) is 11.3 Å². The molecule has 0 fully saturated rings. The summed E-state index contributed by atoms with van der Waals surface area (Å²) in [5.74, 6) is 0. The van der Waals surface area contributed by atoms with Crippen molar-refractivity contribution in [3.63, 3.8) is 0 Å². The summed E-state index contributed by atoms with van der Waals surface area (Å²) < 4.78 is 0.956. The average Bonchev–Trinajstić information content (AvgIpc) is 2.47. The van der Waals surface area contributed by atoms with Gasteiger partial charge in [0.25, 0.3) is 0 Å². The molecule has 0 bridgehead atoms. The molecule has 0 radical (unpaired) electrons. The van der Waals surface area contributed by atoms with Crippen LogP contribution in [0.1, 0.15) is 23.8 Å². The average molecular weight is 251 g/mol. The van der Waals surface area contributed by atoms with E-state index in [4.69, 9.17) is 5.11 Å². The number of halogens is 1. The molecule has 2 nitrogen and oxygen atoms in total. The summed E-state index contributed by atoms with van der Waals surface area (Å²) in [5.41, 5.74) is 0. The summed E-state index contributed by atoms with van der Waals surface area (Å²) in [7, 11) is 0. The van der Waals surface area contributed by atoms with E-state index in [1.807, 2.05) is 11.4 Å². The fraction of sp³-hybridized carbons (Fsp3) is 0.500. The Labute approximate surface area is 84.0 Å². The highest BCUT2D eigenvalue weighted by molar-refractivity contribution is 9.10. The zero-order chi connectivity index (χ0) is 8.97. The molecule has 0 saturated heterocycles. The van der Waals surface area contributed by atoms with E-state index in [2.05, 4.69) is 15.9 Å². The Balaban J connectivity index is 2.52. The van der Waals surface area contributed by atoms with Crippen LogP contribution in [0.4, 0.5) is 0 Å². The van der Waals surface area contributed by atoms with Crippen LogP contribution < -0.4 is 0 Å². The van der Waals surface area contributed by atoms with Gasteiger partial charge in [-0.05, 0) is 40.2 Å². The highest BCUT2D eigenvalue weighted by Crippen LogP contribution is 2.31. The van der Waals surface area contributed by atoms with E-state index >= 15 is 0 Å². The molecule has 4 heteroatoms. The van der Waals surface area contributed by atoms with Gasteiger partial charge in [-0.2, -0.15) is 0 Å². The Kier molecular flexibility index (Phi) is 4.21. The molecule has 0 amide bonds. The first-order valence-electron chi connectivity index (χ1n) is 3.77. The maximum atomic E-state index is 9.59. The van der Waals surface area contributed by atoms with E-state index in [-0.39, 0.29) is 6.61 Å². The van der Waals surface area contributed by atoms with Gasteiger partial charge in [0.05, 0.1) is 6.10 Å². The number of hydrogen-bond donors (Lipinski definition) is 2. The molecule has 1 aromatic rings. The molecule has 12 heavy (non-hydrogen) atoms. The van der Waals surface area contributed by atoms with Crippen LogP contribution in [0.25, 0.3) is 0 Å². The summed E-state index contributed by atoms with van der Waals surface area (Å²) in [5, 5.41) is 20.1. The van der Waals surface area contributed by atoms with Crippen molar-refractivity contribution in [3.05, 3.63) is 20.8 Å². The van der Waals surface area contributed by atoms with E-state index in [0.29, 0.717) is 12.8 Å². The lowest BCUT2D eigenvalue weighted by Gasteiger charge is -2.07. The summed E-state index contributed by atoms with van der Waals surface area (Å²) in [6, 6.07) is 1.92. The molecule has 0 saturated carbocycles. The highest BCUT2D eigenvalue weighted by Gasteiger charge is 2.11. The summed E-state index contributed by atoms with van der Waals surface area (Å²) >= 11 is 4.88. The number of aliphatic hydroxyl groups is 2. The standard InChI is InChI=1S/C8H11BrO2S/c9-6-3-5-12-8(6)7(11)2-1-4-10/h3,5,7,10-11H,1-2,4H2. The van der Waals surface area contributed by atoms with Crippen molar-refractivity contribution < 1.29 is 10.2 Å². The Morgan fingerprint density at radius 2 is 2.33 bits per heavy atom. The lowest BCUT2D eigenvalue weighted by atomic mass is 10.2. The first-order valence-corrected chi connectivity index (χ1v) is 5.44. The quantitative estimate of drug-likeness (QED) is 0.862. The number of aliphatic hydroxyl groups excluding tert-OH is 2. The Bertz CT molecular complexity index is 237. The Morgan fingerprint density at radius 1 is 1.58 bits per heavy atom. The molecule has 1 aromatic heterocycles. The molecule has 1 heterocycles. The first kappa shape index (κ1) is 10.2. The van der Waals surface area contributed by atoms with Crippen LogP contribution in [0.15, 0.2) is 15.9 Å². The molecule has 1 atom stereocenters. The molecule has 0 aliphatic carbocycles. The maximum absolute atomic E-state index is 9.59. The van der Waals surface area contributed by atoms with Crippen LogP contribution in [-0.4, -0.2) is 16.8 Å². The molecule has 1 unspecified atom stereocenters. The van der Waals surface area contributed by atoms with E-state index in [9.17, 15) is 5.11 Å². The number of thiophene rings is 1. The van der Waals surface area contributed by atoms with Crippen molar-refractivity contribution in [3.8, 4) is 0 Å². The lowest BCUT2D eigenvalue weighted by Crippen LogP contribution is -1.96. The molecule has 0 aromatic carbocycles. The number of hydrogen-bond acceptors (Lipinski definition) is 3. The van der Waals surface area contributed by atoms with Crippen molar-refractivity contribution in [2.24, 2.45) is 0 Å². The van der Waals surface area contributed by atoms with Crippen LogP contribution in [0.3, 0.4) is 0 Å². The summed E-state index contributed by atoms with van der Waals surface area (Å²) in [4.78, 5) is 0.948. The second-order valence-electron chi connectivity index (χ2n) is 2.51. The molecular formula is C8H11BrO2S. The van der Waals surface area contributed by atoms with Gasteiger partial charge in [-0.1, -0.05) is 0 Å². The smallest absolute Gasteiger partial charge is 0.0894 e. The fourth-order valence-corrected chi connectivity index (χ4v) is 2.62. The molecule has 2 N–H and O–H groups in total. The van der Waals surface area contributed by atoms with Crippen molar-refractivity contribution >= 4 is 27.3 Å². The second kappa shape index (κ2) is 4.97. The lowest BCUT2D eigenvalue weighted by molar-refractivity contribution is 0.154. The first-order chi connectivity index (χ1) is 5.75. The molecule has 0 spiro atoms. The van der Waals surface area contributed by atoms with Gasteiger partial charge in [-0.25, -0.2) is 0 Å². The van der Waals surface area contributed by atoms with Crippen molar-refractivity contribution in [2.75, 3.05) is 6.61 Å². The SMILES string of the molecule is OCCCC(O)c1sccc1Br. The van der Waals surface area contributed by atoms with E-state index < -0.39 is 6.10 Å². The monoisotopic (exact) mass is 250 g/mol. The van der Waals surface area contributed by atoms with Gasteiger partial charge in [-0.15, -0.1) is 11.3 Å². The zero-order valence-corrected chi connectivity index (χ0v) is 8.94. The fourth-order valence-electron chi connectivity index (χ4n) is 0.959. The normalized spacial score (nSPS) is 13.2. The van der Waals surface area contributed by atoms with Gasteiger partial charge in [0.1, 0.15) is 0 Å². The third kappa shape index (κ3) is 2.55. The van der Waals surface area contributed by atoms with Crippen molar-refractivity contribution in [2.45, 2.75) is 18.9 Å². The molecule has 68 valence electrons. The van der Waals surface area contributed by atoms with Gasteiger partial charge in [-0.3, -0.25) is 0 Å². The minimum atomic E-state index is -0.438. The third-order valence-electron chi connectivity index (χ3n) is 1.58. The Hall–Kier alpha value is 0.100. The topological polar surface area (TPSA) is 40.5 Å². The summed E-state index contributed by atoms with van der Waals surface area (Å²) in [6.07, 6.45) is 0.827. The van der Waals surface area contributed by atoms with Gasteiger partial charge < -0.3 is 10.2 Å². The van der Waals surface area contributed by atoms with E-state index in [1.54, 1.807) is 0 Å². The van der Waals surface area contributed by atoms with Crippen LogP contribution >= 0.6 is 27.3 Å². The van der Waals surface area contributed by atoms with Gasteiger partial charge in [0.15, 0.2) is 0 Å². The predicted octanol–water partition coefficient (Wildman–Crippen LogP) is 2.32. The molecule has 1 rings (SSSR count). The predicted molar refractivity (Wildman–Crippen MR) is 53.3 cm³/mol. The van der Waals surface area contributed by atoms with Crippen LogP contribution in [0, 0.1) is 0 Å². The second-order valence-corrected chi connectivity index (χ2v) is 4.32. The van der Waals surface area contributed by atoms with Crippen molar-refractivity contribution in [1.29, 1.82) is 0 Å². The number of rotatable bonds is 4. The Morgan fingerprint density at radius 3 is 2.83 bits per heavy atom. The molecule has 0 aliphatic rings. The zero-order valence-electron chi connectivity index (χ0n) is 6.53. The minimum Gasteiger partial charge on any atom is -0.396 e. The largest absolute Gasteiger partial charge is 0.396 e.